The van der Waals surface area contributed by atoms with Crippen molar-refractivity contribution in [3.8, 4) is 0 Å². The van der Waals surface area contributed by atoms with E-state index in [1.807, 2.05) is 0 Å². The Kier molecular flexibility index (Phi) is 12.4. The molecule has 0 heterocycles. The van der Waals surface area contributed by atoms with Crippen LogP contribution in [0.5, 0.6) is 0 Å². The minimum absolute atomic E-state index is 0.455. The van der Waals surface area contributed by atoms with Crippen molar-refractivity contribution in [1.82, 2.24) is 0 Å². The highest BCUT2D eigenvalue weighted by atomic mass is 16.5. The summed E-state index contributed by atoms with van der Waals surface area (Å²) in [4.78, 5) is 0. The number of ether oxygens (including phenoxy) is 1. The molecule has 1 atom stereocenters. The third kappa shape index (κ3) is 8.83. The number of quaternary nitrogens is 1. The molecule has 0 fully saturated rings. The lowest BCUT2D eigenvalue weighted by Crippen LogP contribution is -2.52. The molecule has 0 radical (unpaired) electrons. The zero-order valence-corrected chi connectivity index (χ0v) is 15.8. The Morgan fingerprint density at radius 1 is 0.762 bits per heavy atom. The normalized spacial score (nSPS) is 13.9. The molecule has 0 aliphatic carbocycles. The van der Waals surface area contributed by atoms with E-state index in [1.54, 1.807) is 0 Å². The van der Waals surface area contributed by atoms with E-state index in [2.05, 4.69) is 41.5 Å². The van der Waals surface area contributed by atoms with Crippen LogP contribution in [-0.2, 0) is 4.74 Å². The van der Waals surface area contributed by atoms with E-state index in [1.165, 1.54) is 69.2 Å². The van der Waals surface area contributed by atoms with Gasteiger partial charge in [-0.15, -0.1) is 0 Å². The second kappa shape index (κ2) is 12.5. The van der Waals surface area contributed by atoms with Gasteiger partial charge in [0, 0.05) is 0 Å². The average molecular weight is 301 g/mol. The summed E-state index contributed by atoms with van der Waals surface area (Å²) < 4.78 is 7.55. The van der Waals surface area contributed by atoms with Crippen molar-refractivity contribution in [1.29, 1.82) is 0 Å². The van der Waals surface area contributed by atoms with Crippen molar-refractivity contribution in [2.45, 2.75) is 86.2 Å². The van der Waals surface area contributed by atoms with E-state index in [-0.39, 0.29) is 0 Å². The van der Waals surface area contributed by atoms with Gasteiger partial charge >= 0.3 is 0 Å². The van der Waals surface area contributed by atoms with Gasteiger partial charge in [-0.25, -0.2) is 0 Å². The van der Waals surface area contributed by atoms with Crippen LogP contribution in [0.15, 0.2) is 0 Å². The SMILES string of the molecule is CCCCC(OCC[N+](CCC)(CCC)CCC)C(C)C. The molecular weight excluding hydrogens is 258 g/mol. The van der Waals surface area contributed by atoms with Crippen molar-refractivity contribution in [3.63, 3.8) is 0 Å². The van der Waals surface area contributed by atoms with Crippen molar-refractivity contribution in [3.05, 3.63) is 0 Å². The lowest BCUT2D eigenvalue weighted by atomic mass is 10.0. The third-order valence-corrected chi connectivity index (χ3v) is 4.58. The molecule has 21 heavy (non-hydrogen) atoms. The number of hydrogen-bond donors (Lipinski definition) is 0. The van der Waals surface area contributed by atoms with Gasteiger partial charge in [-0.05, 0) is 31.6 Å². The predicted octanol–water partition coefficient (Wildman–Crippen LogP) is 5.26. The highest BCUT2D eigenvalue weighted by Crippen LogP contribution is 2.16. The Morgan fingerprint density at radius 3 is 1.67 bits per heavy atom. The minimum Gasteiger partial charge on any atom is -0.372 e. The molecule has 2 heteroatoms. The monoisotopic (exact) mass is 300 g/mol. The first kappa shape index (κ1) is 20.9. The van der Waals surface area contributed by atoms with Crippen LogP contribution in [0.1, 0.15) is 80.1 Å². The van der Waals surface area contributed by atoms with Gasteiger partial charge in [0.25, 0.3) is 0 Å². The molecule has 0 bridgehead atoms. The maximum absolute atomic E-state index is 6.28. The van der Waals surface area contributed by atoms with Gasteiger partial charge in [-0.1, -0.05) is 54.4 Å². The molecule has 0 amide bonds. The smallest absolute Gasteiger partial charge is 0.102 e. The minimum atomic E-state index is 0.455. The summed E-state index contributed by atoms with van der Waals surface area (Å²) in [6.07, 6.45) is 8.09. The first-order chi connectivity index (χ1) is 10.0. The van der Waals surface area contributed by atoms with Gasteiger partial charge in [0.1, 0.15) is 6.54 Å². The fourth-order valence-electron chi connectivity index (χ4n) is 3.51. The summed E-state index contributed by atoms with van der Waals surface area (Å²) in [7, 11) is 0. The van der Waals surface area contributed by atoms with E-state index in [0.717, 1.165) is 6.61 Å². The fraction of sp³-hybridized carbons (Fsp3) is 1.00. The lowest BCUT2D eigenvalue weighted by molar-refractivity contribution is -0.928. The van der Waals surface area contributed by atoms with E-state index in [4.69, 9.17) is 4.74 Å². The molecule has 0 aliphatic heterocycles. The summed E-state index contributed by atoms with van der Waals surface area (Å²) in [5, 5.41) is 0. The molecule has 0 aliphatic rings. The third-order valence-electron chi connectivity index (χ3n) is 4.58. The molecule has 2 nitrogen and oxygen atoms in total. The Balaban J connectivity index is 4.43. The van der Waals surface area contributed by atoms with Gasteiger partial charge in [0.05, 0.1) is 32.3 Å². The van der Waals surface area contributed by atoms with Crippen LogP contribution in [0.4, 0.5) is 0 Å². The van der Waals surface area contributed by atoms with Crippen molar-refractivity contribution in [2.24, 2.45) is 5.92 Å². The zero-order chi connectivity index (χ0) is 16.1. The van der Waals surface area contributed by atoms with Crippen LogP contribution >= 0.6 is 0 Å². The molecule has 0 aromatic heterocycles. The Morgan fingerprint density at radius 2 is 1.29 bits per heavy atom. The highest BCUT2D eigenvalue weighted by Gasteiger charge is 2.25. The number of hydrogen-bond acceptors (Lipinski definition) is 1. The molecule has 0 rings (SSSR count). The van der Waals surface area contributed by atoms with Crippen LogP contribution < -0.4 is 0 Å². The maximum Gasteiger partial charge on any atom is 0.102 e. The number of rotatable bonds is 14. The largest absolute Gasteiger partial charge is 0.372 e. The van der Waals surface area contributed by atoms with E-state index in [9.17, 15) is 0 Å². The Labute approximate surface area is 134 Å². The van der Waals surface area contributed by atoms with Crippen molar-refractivity contribution >= 4 is 0 Å². The van der Waals surface area contributed by atoms with Crippen LogP contribution in [-0.4, -0.2) is 43.4 Å². The second-order valence-electron chi connectivity index (χ2n) is 7.03. The predicted molar refractivity (Wildman–Crippen MR) is 94.7 cm³/mol. The van der Waals surface area contributed by atoms with E-state index >= 15 is 0 Å². The first-order valence-corrected chi connectivity index (χ1v) is 9.51. The topological polar surface area (TPSA) is 9.23 Å². The Hall–Kier alpha value is -0.0800. The van der Waals surface area contributed by atoms with Gasteiger partial charge in [0.2, 0.25) is 0 Å². The summed E-state index contributed by atoms with van der Waals surface area (Å²) in [5.74, 6) is 0.641. The van der Waals surface area contributed by atoms with Crippen LogP contribution in [0.25, 0.3) is 0 Å². The molecular formula is C19H42NO+. The summed E-state index contributed by atoms with van der Waals surface area (Å²) in [6, 6.07) is 0. The maximum atomic E-state index is 6.28. The van der Waals surface area contributed by atoms with Gasteiger partial charge in [-0.3, -0.25) is 0 Å². The summed E-state index contributed by atoms with van der Waals surface area (Å²) in [6.45, 7) is 19.9. The molecule has 0 saturated heterocycles. The standard InChI is InChI=1S/C19H42NO/c1-7-11-12-19(18(5)6)21-17-16-20(13-8-2,14-9-3)15-10-4/h18-19H,7-17H2,1-6H3/q+1. The number of unbranched alkanes of at least 4 members (excludes halogenated alkanes) is 1. The molecule has 128 valence electrons. The molecule has 0 spiro atoms. The molecule has 1 unspecified atom stereocenters. The lowest BCUT2D eigenvalue weighted by Gasteiger charge is -2.39. The Bertz CT molecular complexity index is 211. The van der Waals surface area contributed by atoms with E-state index < -0.39 is 0 Å². The van der Waals surface area contributed by atoms with Crippen LogP contribution in [0.3, 0.4) is 0 Å². The molecule has 0 aromatic rings. The number of nitrogens with zero attached hydrogens (tertiary/aromatic N) is 1. The summed E-state index contributed by atoms with van der Waals surface area (Å²) >= 11 is 0. The average Bonchev–Trinajstić information content (AvgIpc) is 2.43. The quantitative estimate of drug-likeness (QED) is 0.397. The van der Waals surface area contributed by atoms with Gasteiger partial charge in [0.15, 0.2) is 0 Å². The molecule has 0 aromatic carbocycles. The zero-order valence-electron chi connectivity index (χ0n) is 15.8. The van der Waals surface area contributed by atoms with Crippen LogP contribution in [0, 0.1) is 5.92 Å². The van der Waals surface area contributed by atoms with Crippen molar-refractivity contribution < 1.29 is 9.22 Å². The van der Waals surface area contributed by atoms with E-state index in [0.29, 0.717) is 12.0 Å². The highest BCUT2D eigenvalue weighted by molar-refractivity contribution is 4.62. The van der Waals surface area contributed by atoms with Crippen LogP contribution in [0.2, 0.25) is 0 Å². The van der Waals surface area contributed by atoms with Crippen molar-refractivity contribution in [2.75, 3.05) is 32.8 Å². The van der Waals surface area contributed by atoms with Gasteiger partial charge < -0.3 is 9.22 Å². The van der Waals surface area contributed by atoms with Gasteiger partial charge in [-0.2, -0.15) is 0 Å². The molecule has 0 N–H and O–H groups in total. The fourth-order valence-corrected chi connectivity index (χ4v) is 3.51. The second-order valence-corrected chi connectivity index (χ2v) is 7.03. The summed E-state index contributed by atoms with van der Waals surface area (Å²) in [5.41, 5.74) is 0. The first-order valence-electron chi connectivity index (χ1n) is 9.51. The molecule has 0 saturated carbocycles.